The van der Waals surface area contributed by atoms with Crippen molar-refractivity contribution in [2.24, 2.45) is 4.99 Å². The number of benzene rings is 3. The summed E-state index contributed by atoms with van der Waals surface area (Å²) in [5.41, 5.74) is 3.39. The van der Waals surface area contributed by atoms with Crippen LogP contribution in [0.15, 0.2) is 56.4 Å². The van der Waals surface area contributed by atoms with Crippen molar-refractivity contribution in [2.45, 2.75) is 0 Å². The van der Waals surface area contributed by atoms with Crippen molar-refractivity contribution >= 4 is 54.8 Å². The number of nitrogens with one attached hydrogen (secondary N) is 1. The standard InChI is InChI=1S/C21H15Br2N3O4/c1-30-17-7-10(2-5-16(17)27)21-25-14-4-3-12(8-15(14)26-21)24-9-11-6-13(22)20(29)18(23)19(11)28/h2-9,27-29H,1H3,(H,25,26)/b24-9+. The minimum atomic E-state index is -0.108. The second-order valence-electron chi connectivity index (χ2n) is 6.39. The van der Waals surface area contributed by atoms with Gasteiger partial charge in [-0.2, -0.15) is 0 Å². The Morgan fingerprint density at radius 2 is 1.83 bits per heavy atom. The Balaban J connectivity index is 1.67. The third-order valence-electron chi connectivity index (χ3n) is 4.47. The predicted octanol–water partition coefficient (Wildman–Crippen LogP) is 5.63. The number of methoxy groups -OCH3 is 1. The second-order valence-corrected chi connectivity index (χ2v) is 8.04. The zero-order valence-electron chi connectivity index (χ0n) is 15.5. The molecule has 0 fully saturated rings. The molecule has 3 aromatic carbocycles. The van der Waals surface area contributed by atoms with Gasteiger partial charge in [0.2, 0.25) is 0 Å². The Morgan fingerprint density at radius 1 is 1.03 bits per heavy atom. The molecule has 0 atom stereocenters. The van der Waals surface area contributed by atoms with Crippen LogP contribution < -0.4 is 4.74 Å². The molecule has 0 aliphatic rings. The Hall–Kier alpha value is -3.04. The van der Waals surface area contributed by atoms with Crippen LogP contribution >= 0.6 is 31.9 Å². The van der Waals surface area contributed by atoms with Gasteiger partial charge >= 0.3 is 0 Å². The molecule has 0 amide bonds. The van der Waals surface area contributed by atoms with Gasteiger partial charge in [0.05, 0.1) is 28.3 Å². The first-order valence-corrected chi connectivity index (χ1v) is 10.3. The van der Waals surface area contributed by atoms with E-state index in [1.54, 1.807) is 24.3 Å². The van der Waals surface area contributed by atoms with Crippen molar-refractivity contribution in [3.8, 4) is 34.4 Å². The lowest BCUT2D eigenvalue weighted by atomic mass is 10.2. The van der Waals surface area contributed by atoms with Crippen molar-refractivity contribution in [1.29, 1.82) is 0 Å². The molecule has 152 valence electrons. The van der Waals surface area contributed by atoms with Gasteiger partial charge in [0.25, 0.3) is 0 Å². The number of aromatic amines is 1. The molecule has 4 N–H and O–H groups in total. The van der Waals surface area contributed by atoms with Crippen LogP contribution in [-0.2, 0) is 0 Å². The number of rotatable bonds is 4. The fourth-order valence-electron chi connectivity index (χ4n) is 2.90. The maximum absolute atomic E-state index is 10.2. The number of nitrogens with zero attached hydrogens (tertiary/aromatic N) is 2. The number of halogens is 2. The van der Waals surface area contributed by atoms with E-state index in [1.807, 2.05) is 18.2 Å². The third-order valence-corrected chi connectivity index (χ3v) is 5.83. The highest BCUT2D eigenvalue weighted by Gasteiger charge is 2.13. The highest BCUT2D eigenvalue weighted by molar-refractivity contribution is 9.11. The Labute approximate surface area is 188 Å². The van der Waals surface area contributed by atoms with Crippen molar-refractivity contribution in [3.63, 3.8) is 0 Å². The van der Waals surface area contributed by atoms with E-state index in [2.05, 4.69) is 46.8 Å². The fourth-order valence-corrected chi connectivity index (χ4v) is 4.05. The number of phenolic OH excluding ortho intramolecular Hbond substituents is 3. The number of hydrogen-bond acceptors (Lipinski definition) is 6. The van der Waals surface area contributed by atoms with Crippen molar-refractivity contribution in [1.82, 2.24) is 9.97 Å². The first kappa shape index (κ1) is 20.2. The third kappa shape index (κ3) is 3.73. The molecule has 1 heterocycles. The second kappa shape index (κ2) is 8.00. The highest BCUT2D eigenvalue weighted by atomic mass is 79.9. The summed E-state index contributed by atoms with van der Waals surface area (Å²) >= 11 is 6.39. The van der Waals surface area contributed by atoms with Crippen molar-refractivity contribution in [2.75, 3.05) is 7.11 Å². The number of aromatic hydroxyl groups is 3. The molecule has 0 saturated heterocycles. The molecular formula is C21H15Br2N3O4. The number of fused-ring (bicyclic) bond motifs is 1. The summed E-state index contributed by atoms with van der Waals surface area (Å²) in [6.07, 6.45) is 1.50. The lowest BCUT2D eigenvalue weighted by Crippen LogP contribution is -1.86. The number of H-pyrrole nitrogens is 1. The van der Waals surface area contributed by atoms with Gasteiger partial charge in [0, 0.05) is 17.3 Å². The molecule has 0 spiro atoms. The first-order valence-electron chi connectivity index (χ1n) is 8.68. The van der Waals surface area contributed by atoms with Crippen LogP contribution in [0.4, 0.5) is 5.69 Å². The van der Waals surface area contributed by atoms with Crippen LogP contribution in [0.3, 0.4) is 0 Å². The molecule has 1 aromatic heterocycles. The monoisotopic (exact) mass is 531 g/mol. The minimum Gasteiger partial charge on any atom is -0.506 e. The minimum absolute atomic E-state index is 0.0599. The van der Waals surface area contributed by atoms with E-state index in [1.165, 1.54) is 13.3 Å². The summed E-state index contributed by atoms with van der Waals surface area (Å²) in [7, 11) is 1.49. The molecule has 0 aliphatic heterocycles. The molecule has 0 unspecified atom stereocenters. The smallest absolute Gasteiger partial charge is 0.161 e. The summed E-state index contributed by atoms with van der Waals surface area (Å²) in [6, 6.07) is 12.1. The van der Waals surface area contributed by atoms with Crippen LogP contribution in [-0.4, -0.2) is 38.6 Å². The molecule has 0 radical (unpaired) electrons. The van der Waals surface area contributed by atoms with E-state index in [4.69, 9.17) is 4.74 Å². The molecule has 0 aliphatic carbocycles. The maximum atomic E-state index is 10.2. The summed E-state index contributed by atoms with van der Waals surface area (Å²) in [5, 5.41) is 29.8. The maximum Gasteiger partial charge on any atom is 0.161 e. The predicted molar refractivity (Wildman–Crippen MR) is 122 cm³/mol. The Kier molecular flexibility index (Phi) is 5.40. The van der Waals surface area contributed by atoms with Crippen LogP contribution in [0.5, 0.6) is 23.0 Å². The van der Waals surface area contributed by atoms with Crippen LogP contribution in [0.25, 0.3) is 22.4 Å². The van der Waals surface area contributed by atoms with E-state index >= 15 is 0 Å². The molecule has 30 heavy (non-hydrogen) atoms. The number of aromatic nitrogens is 2. The number of phenols is 3. The summed E-state index contributed by atoms with van der Waals surface area (Å²) in [4.78, 5) is 12.2. The number of hydrogen-bond donors (Lipinski definition) is 4. The number of ether oxygens (including phenoxy) is 1. The SMILES string of the molecule is COc1cc(-c2nc3cc(/N=C/c4cc(Br)c(O)c(Br)c4O)ccc3[nH]2)ccc1O. The molecule has 9 heteroatoms. The van der Waals surface area contributed by atoms with Crippen LogP contribution in [0.2, 0.25) is 0 Å². The average molecular weight is 533 g/mol. The molecule has 0 bridgehead atoms. The van der Waals surface area contributed by atoms with Gasteiger partial charge in [0.1, 0.15) is 21.8 Å². The molecular weight excluding hydrogens is 518 g/mol. The Bertz CT molecular complexity index is 1300. The van der Waals surface area contributed by atoms with E-state index in [-0.39, 0.29) is 21.7 Å². The van der Waals surface area contributed by atoms with Gasteiger partial charge in [-0.15, -0.1) is 0 Å². The van der Waals surface area contributed by atoms with Gasteiger partial charge in [-0.3, -0.25) is 4.99 Å². The summed E-state index contributed by atoms with van der Waals surface area (Å²) in [6.45, 7) is 0. The van der Waals surface area contributed by atoms with E-state index in [0.717, 1.165) is 11.1 Å². The largest absolute Gasteiger partial charge is 0.506 e. The van der Waals surface area contributed by atoms with Gasteiger partial charge in [-0.25, -0.2) is 4.98 Å². The van der Waals surface area contributed by atoms with Crippen molar-refractivity contribution < 1.29 is 20.1 Å². The first-order chi connectivity index (χ1) is 14.4. The Morgan fingerprint density at radius 3 is 2.60 bits per heavy atom. The lowest BCUT2D eigenvalue weighted by Gasteiger charge is -2.06. The van der Waals surface area contributed by atoms with Crippen LogP contribution in [0, 0.1) is 0 Å². The molecule has 4 rings (SSSR count). The lowest BCUT2D eigenvalue weighted by molar-refractivity contribution is 0.373. The zero-order valence-corrected chi connectivity index (χ0v) is 18.7. The van der Waals surface area contributed by atoms with Gasteiger partial charge < -0.3 is 25.0 Å². The van der Waals surface area contributed by atoms with E-state index < -0.39 is 0 Å². The number of aliphatic imine (C=N–C) groups is 1. The highest BCUT2D eigenvalue weighted by Crippen LogP contribution is 2.40. The van der Waals surface area contributed by atoms with Gasteiger partial charge in [0.15, 0.2) is 11.5 Å². The van der Waals surface area contributed by atoms with Crippen LogP contribution in [0.1, 0.15) is 5.56 Å². The van der Waals surface area contributed by atoms with E-state index in [9.17, 15) is 15.3 Å². The summed E-state index contributed by atoms with van der Waals surface area (Å²) < 4.78 is 5.78. The normalized spacial score (nSPS) is 11.4. The fraction of sp³-hybridized carbons (Fsp3) is 0.0476. The average Bonchev–Trinajstić information content (AvgIpc) is 3.17. The zero-order chi connectivity index (χ0) is 21.4. The summed E-state index contributed by atoms with van der Waals surface area (Å²) in [5.74, 6) is 0.868. The number of imidazole rings is 1. The van der Waals surface area contributed by atoms with Crippen molar-refractivity contribution in [3.05, 3.63) is 57.0 Å². The van der Waals surface area contributed by atoms with Gasteiger partial charge in [-0.05, 0) is 74.3 Å². The molecule has 7 nitrogen and oxygen atoms in total. The van der Waals surface area contributed by atoms with E-state index in [0.29, 0.717) is 32.8 Å². The molecule has 0 saturated carbocycles. The topological polar surface area (TPSA) is 111 Å². The van der Waals surface area contributed by atoms with Gasteiger partial charge in [-0.1, -0.05) is 0 Å². The molecule has 4 aromatic rings. The quantitative estimate of drug-likeness (QED) is 0.254.